The van der Waals surface area contributed by atoms with Gasteiger partial charge in [0.2, 0.25) is 0 Å². The summed E-state index contributed by atoms with van der Waals surface area (Å²) in [7, 11) is 0. The van der Waals surface area contributed by atoms with Crippen LogP contribution in [0.4, 0.5) is 0 Å². The van der Waals surface area contributed by atoms with E-state index in [1.54, 1.807) is 91.0 Å². The number of nitrogens with one attached hydrogen (secondary N) is 1. The van der Waals surface area contributed by atoms with E-state index in [1.165, 1.54) is 0 Å². The molecule has 0 aromatic heterocycles. The number of thioether (sulfide) groups is 1. The summed E-state index contributed by atoms with van der Waals surface area (Å²) < 4.78 is 41.1. The zero-order valence-electron chi connectivity index (χ0n) is 27.3. The Kier molecular flexibility index (Phi) is 12.3. The van der Waals surface area contributed by atoms with Crippen molar-refractivity contribution in [3.05, 3.63) is 120 Å². The van der Waals surface area contributed by atoms with Gasteiger partial charge in [-0.1, -0.05) is 66.7 Å². The van der Waals surface area contributed by atoms with Crippen LogP contribution in [0.25, 0.3) is 0 Å². The van der Waals surface area contributed by atoms with E-state index in [0.717, 1.165) is 18.0 Å². The molecule has 0 saturated carbocycles. The van der Waals surface area contributed by atoms with Gasteiger partial charge in [0, 0.05) is 11.4 Å². The van der Waals surface area contributed by atoms with Gasteiger partial charge in [0.1, 0.15) is 22.6 Å². The summed E-state index contributed by atoms with van der Waals surface area (Å²) in [4.78, 5) is 53.3. The minimum absolute atomic E-state index is 0.217. The first-order chi connectivity index (χ1) is 23.5. The molecule has 0 spiro atoms. The Bertz CT molecular complexity index is 1600. The molecule has 8 atom stereocenters. The molecule has 10 nitrogen and oxygen atoms in total. The van der Waals surface area contributed by atoms with Crippen LogP contribution in [0.1, 0.15) is 64.7 Å². The Morgan fingerprint density at radius 1 is 0.755 bits per heavy atom. The molecule has 12 heteroatoms. The average molecular weight is 706 g/mol. The number of esters is 3. The molecule has 0 aliphatic carbocycles. The maximum Gasteiger partial charge on any atom is 0.338 e. The smallest absolute Gasteiger partial charge is 0.338 e. The fourth-order valence-electron chi connectivity index (χ4n) is 5.31. The third-order valence-electron chi connectivity index (χ3n) is 7.89. The summed E-state index contributed by atoms with van der Waals surface area (Å²) in [5.74, 6) is -2.22. The van der Waals surface area contributed by atoms with Crippen molar-refractivity contribution in [2.45, 2.75) is 79.5 Å². The van der Waals surface area contributed by atoms with Gasteiger partial charge in [-0.15, -0.1) is 16.5 Å². The van der Waals surface area contributed by atoms with Crippen molar-refractivity contribution in [2.24, 2.45) is 0 Å². The monoisotopic (exact) mass is 705 g/mol. The average Bonchev–Trinajstić information content (AvgIpc) is 3.11. The summed E-state index contributed by atoms with van der Waals surface area (Å²) in [5, 5.41) is -0.609. The second-order valence-electron chi connectivity index (χ2n) is 12.5. The molecule has 5 rings (SSSR count). The van der Waals surface area contributed by atoms with Crippen molar-refractivity contribution in [1.82, 2.24) is 4.72 Å². The van der Waals surface area contributed by atoms with Crippen LogP contribution in [0.5, 0.6) is 0 Å². The number of carbonyl (C=O) groups excluding carboxylic acids is 4. The van der Waals surface area contributed by atoms with Crippen LogP contribution >= 0.6 is 11.8 Å². The topological polar surface area (TPSA) is 140 Å². The number of ether oxygens (including phenoxy) is 4. The lowest BCUT2D eigenvalue weighted by atomic mass is 9.92. The molecule has 2 unspecified atom stereocenters. The highest BCUT2D eigenvalue weighted by atomic mass is 32.2. The molecule has 258 valence electrons. The van der Waals surface area contributed by atoms with E-state index < -0.39 is 75.2 Å². The first-order valence-corrected chi connectivity index (χ1v) is 18.0. The van der Waals surface area contributed by atoms with Crippen LogP contribution in [0.3, 0.4) is 0 Å². The molecule has 3 aromatic carbocycles. The molecule has 2 bridgehead atoms. The molecule has 1 fully saturated rings. The van der Waals surface area contributed by atoms with Crippen LogP contribution < -0.4 is 4.72 Å². The molecule has 3 aromatic rings. The number of allylic oxidation sites excluding steroid dienone is 1. The summed E-state index contributed by atoms with van der Waals surface area (Å²) in [6.45, 7) is 5.45. The quantitative estimate of drug-likeness (QED) is 0.0998. The minimum Gasteiger partial charge on any atom is -0.598 e. The molecule has 0 amide bonds. The van der Waals surface area contributed by atoms with Gasteiger partial charge in [-0.05, 0) is 70.0 Å². The second-order valence-corrected chi connectivity index (χ2v) is 15.9. The molecular weight excluding hydrogens is 667 g/mol. The van der Waals surface area contributed by atoms with E-state index in [2.05, 4.69) is 4.72 Å². The zero-order valence-corrected chi connectivity index (χ0v) is 29.0. The van der Waals surface area contributed by atoms with Crippen LogP contribution in [0.2, 0.25) is 0 Å². The number of benzene rings is 3. The predicted molar refractivity (Wildman–Crippen MR) is 186 cm³/mol. The largest absolute Gasteiger partial charge is 0.598 e. The molecule has 49 heavy (non-hydrogen) atoms. The molecule has 2 aliphatic heterocycles. The zero-order chi connectivity index (χ0) is 35.0. The third kappa shape index (κ3) is 9.40. The number of carbonyl (C=O) groups is 4. The standard InChI is InChI=1S/C37H39NO9S2/c1-37(2,3)49(43)38-28-22-14-13-21-27(23-39)48-36-32(46-35(42)26-19-11-6-12-20-26)31(45-34(41)25-17-9-5-10-18-25)30(29(28)47-36)44-33(40)24-15-7-4-8-16-24/h4-20,23,27-32,36,38H,21-22H2,1-3H3/t27?,28-,29-,30+,31+,32-,36-,49?/m1/s1. The van der Waals surface area contributed by atoms with Gasteiger partial charge < -0.3 is 28.3 Å². The molecule has 1 saturated heterocycles. The van der Waals surface area contributed by atoms with Crippen LogP contribution in [-0.4, -0.2) is 74.6 Å². The van der Waals surface area contributed by atoms with E-state index >= 15 is 0 Å². The number of hydrogen-bond donors (Lipinski definition) is 1. The Labute approximate surface area is 293 Å². The highest BCUT2D eigenvalue weighted by molar-refractivity contribution is 8.01. The molecular formula is C37H39NO9S2. The van der Waals surface area contributed by atoms with Crippen molar-refractivity contribution < 1.29 is 42.7 Å². The van der Waals surface area contributed by atoms with Gasteiger partial charge in [0.05, 0.1) is 28.0 Å². The van der Waals surface area contributed by atoms with Crippen molar-refractivity contribution >= 4 is 47.3 Å². The van der Waals surface area contributed by atoms with Crippen molar-refractivity contribution in [1.29, 1.82) is 0 Å². The summed E-state index contributed by atoms with van der Waals surface area (Å²) in [5.41, 5.74) is -0.384. The SMILES string of the molecule is CC(C)(C)[S+]([O-])N[C@@H]1CC=CCC(C=O)S[C@H]2O[C@H]1[C@H](OC(=O)c1ccccc1)[C@H](OC(=O)c1ccccc1)[C@H]2OC(=O)c1ccccc1. The number of hydrogen-bond acceptors (Lipinski definition) is 11. The van der Waals surface area contributed by atoms with Crippen molar-refractivity contribution in [3.8, 4) is 0 Å². The maximum absolute atomic E-state index is 13.7. The van der Waals surface area contributed by atoms with Crippen LogP contribution in [-0.2, 0) is 35.1 Å². The van der Waals surface area contributed by atoms with E-state index in [4.69, 9.17) is 18.9 Å². The van der Waals surface area contributed by atoms with Crippen molar-refractivity contribution in [2.75, 3.05) is 0 Å². The number of rotatable bonds is 9. The van der Waals surface area contributed by atoms with Gasteiger partial charge in [-0.3, -0.25) is 0 Å². The first-order valence-electron chi connectivity index (χ1n) is 15.9. The lowest BCUT2D eigenvalue weighted by molar-refractivity contribution is -0.205. The Balaban J connectivity index is 1.64. The van der Waals surface area contributed by atoms with E-state index in [1.807, 2.05) is 32.9 Å². The van der Waals surface area contributed by atoms with Gasteiger partial charge >= 0.3 is 17.9 Å². The predicted octanol–water partition coefficient (Wildman–Crippen LogP) is 5.46. The van der Waals surface area contributed by atoms with Crippen LogP contribution in [0, 0.1) is 0 Å². The van der Waals surface area contributed by atoms with Crippen molar-refractivity contribution in [3.63, 3.8) is 0 Å². The van der Waals surface area contributed by atoms with E-state index in [9.17, 15) is 23.7 Å². The molecule has 1 N–H and O–H groups in total. The Morgan fingerprint density at radius 2 is 1.20 bits per heavy atom. The maximum atomic E-state index is 13.7. The second kappa shape index (κ2) is 16.6. The summed E-state index contributed by atoms with van der Waals surface area (Å²) >= 11 is -0.490. The van der Waals surface area contributed by atoms with Gasteiger partial charge in [-0.25, -0.2) is 14.4 Å². The fraction of sp³-hybridized carbons (Fsp3) is 0.351. The van der Waals surface area contributed by atoms with Gasteiger partial charge in [0.25, 0.3) is 0 Å². The minimum atomic E-state index is -1.59. The van der Waals surface area contributed by atoms with Gasteiger partial charge in [0.15, 0.2) is 18.3 Å². The fourth-order valence-corrected chi connectivity index (χ4v) is 7.36. The lowest BCUT2D eigenvalue weighted by Crippen LogP contribution is -2.66. The lowest BCUT2D eigenvalue weighted by Gasteiger charge is -2.47. The highest BCUT2D eigenvalue weighted by Gasteiger charge is 2.56. The highest BCUT2D eigenvalue weighted by Crippen LogP contribution is 2.39. The third-order valence-corrected chi connectivity index (χ3v) is 10.8. The Morgan fingerprint density at radius 3 is 1.67 bits per heavy atom. The molecule has 0 radical (unpaired) electrons. The normalized spacial score (nSPS) is 26.1. The Hall–Kier alpha value is -3.94. The number of fused-ring (bicyclic) bond motifs is 2. The summed E-state index contributed by atoms with van der Waals surface area (Å²) in [6, 6.07) is 24.1. The summed E-state index contributed by atoms with van der Waals surface area (Å²) in [6.07, 6.45) is -0.0961. The number of aldehydes is 1. The van der Waals surface area contributed by atoms with Gasteiger partial charge in [-0.2, -0.15) is 0 Å². The molecule has 2 heterocycles. The first kappa shape index (κ1) is 36.3. The van der Waals surface area contributed by atoms with E-state index in [0.29, 0.717) is 6.42 Å². The van der Waals surface area contributed by atoms with Crippen LogP contribution in [0.15, 0.2) is 103 Å². The molecule has 2 aliphatic rings. The van der Waals surface area contributed by atoms with E-state index in [-0.39, 0.29) is 23.1 Å².